The van der Waals surface area contributed by atoms with Gasteiger partial charge >= 0.3 is 0 Å². The van der Waals surface area contributed by atoms with Crippen molar-refractivity contribution in [1.29, 1.82) is 0 Å². The third kappa shape index (κ3) is 3.82. The van der Waals surface area contributed by atoms with Crippen LogP contribution in [0.4, 0.5) is 0 Å². The van der Waals surface area contributed by atoms with Crippen molar-refractivity contribution >= 4 is 0 Å². The van der Waals surface area contributed by atoms with Crippen LogP contribution < -0.4 is 10.1 Å². The van der Waals surface area contributed by atoms with Gasteiger partial charge in [-0.05, 0) is 18.7 Å². The third-order valence-electron chi connectivity index (χ3n) is 2.45. The molecule has 4 nitrogen and oxygen atoms in total. The molecule has 1 heterocycles. The molecule has 0 spiro atoms. The van der Waals surface area contributed by atoms with Gasteiger partial charge in [0.25, 0.3) is 0 Å². The van der Waals surface area contributed by atoms with E-state index in [1.54, 1.807) is 0 Å². The number of para-hydroxylation sites is 1. The van der Waals surface area contributed by atoms with Crippen LogP contribution in [0.15, 0.2) is 42.7 Å². The summed E-state index contributed by atoms with van der Waals surface area (Å²) in [5, 5.41) is 3.23. The van der Waals surface area contributed by atoms with Crippen molar-refractivity contribution in [2.24, 2.45) is 0 Å². The van der Waals surface area contributed by atoms with Gasteiger partial charge in [-0.2, -0.15) is 0 Å². The van der Waals surface area contributed by atoms with E-state index in [0.717, 1.165) is 24.4 Å². The number of nitrogens with zero attached hydrogens (tertiary/aromatic N) is 2. The molecule has 0 saturated heterocycles. The maximum absolute atomic E-state index is 5.57. The van der Waals surface area contributed by atoms with E-state index in [2.05, 4.69) is 22.2 Å². The Hall–Kier alpha value is -1.94. The zero-order valence-corrected chi connectivity index (χ0v) is 10.5. The number of nitrogens with one attached hydrogen (secondary N) is 1. The number of ether oxygens (including phenoxy) is 1. The molecular weight excluding hydrogens is 226 g/mol. The normalized spacial score (nSPS) is 10.3. The van der Waals surface area contributed by atoms with E-state index >= 15 is 0 Å². The van der Waals surface area contributed by atoms with Gasteiger partial charge in [0.1, 0.15) is 12.4 Å². The average molecular weight is 243 g/mol. The molecule has 0 unspecified atom stereocenters. The van der Waals surface area contributed by atoms with Crippen molar-refractivity contribution in [3.63, 3.8) is 0 Å². The second-order valence-corrected chi connectivity index (χ2v) is 3.89. The van der Waals surface area contributed by atoms with Gasteiger partial charge in [-0.3, -0.25) is 0 Å². The Kier molecular flexibility index (Phi) is 4.67. The highest BCUT2D eigenvalue weighted by Crippen LogP contribution is 2.09. The van der Waals surface area contributed by atoms with Crippen molar-refractivity contribution in [2.75, 3.05) is 6.54 Å². The molecule has 1 N–H and O–H groups in total. The average Bonchev–Trinajstić information content (AvgIpc) is 2.45. The summed E-state index contributed by atoms with van der Waals surface area (Å²) in [5.74, 6) is 1.52. The van der Waals surface area contributed by atoms with Crippen LogP contribution in [-0.4, -0.2) is 16.5 Å². The highest BCUT2D eigenvalue weighted by atomic mass is 16.5. The molecule has 0 atom stereocenters. The first-order chi connectivity index (χ1) is 8.88. The van der Waals surface area contributed by atoms with Gasteiger partial charge in [0.05, 0.1) is 0 Å². The Morgan fingerprint density at radius 1 is 1.11 bits per heavy atom. The van der Waals surface area contributed by atoms with Gasteiger partial charge in [0.2, 0.25) is 0 Å². The molecule has 0 saturated carbocycles. The largest absolute Gasteiger partial charge is 0.486 e. The van der Waals surface area contributed by atoms with E-state index in [1.807, 2.05) is 42.7 Å². The SMILES string of the molecule is CCNCc1cnc(COc2ccccc2)nc1. The molecule has 0 bridgehead atoms. The summed E-state index contributed by atoms with van der Waals surface area (Å²) in [7, 11) is 0. The Bertz CT molecular complexity index is 456. The van der Waals surface area contributed by atoms with Crippen molar-refractivity contribution in [2.45, 2.75) is 20.1 Å². The molecule has 4 heteroatoms. The standard InChI is InChI=1S/C14H17N3O/c1-2-15-8-12-9-16-14(17-10-12)11-18-13-6-4-3-5-7-13/h3-7,9-10,15H,2,8,11H2,1H3. The molecule has 2 aromatic rings. The van der Waals surface area contributed by atoms with Gasteiger partial charge in [-0.1, -0.05) is 25.1 Å². The lowest BCUT2D eigenvalue weighted by Crippen LogP contribution is -2.12. The van der Waals surface area contributed by atoms with Crippen molar-refractivity contribution in [3.8, 4) is 5.75 Å². The molecule has 0 amide bonds. The summed E-state index contributed by atoms with van der Waals surface area (Å²) >= 11 is 0. The zero-order valence-electron chi connectivity index (χ0n) is 10.5. The van der Waals surface area contributed by atoms with Crippen LogP contribution in [0.5, 0.6) is 5.75 Å². The predicted molar refractivity (Wildman–Crippen MR) is 70.2 cm³/mol. The maximum Gasteiger partial charge on any atom is 0.166 e. The Labute approximate surface area is 107 Å². The lowest BCUT2D eigenvalue weighted by Gasteiger charge is -2.05. The first-order valence-corrected chi connectivity index (χ1v) is 6.07. The zero-order chi connectivity index (χ0) is 12.6. The van der Waals surface area contributed by atoms with Crippen molar-refractivity contribution in [3.05, 3.63) is 54.1 Å². The first kappa shape index (κ1) is 12.5. The first-order valence-electron chi connectivity index (χ1n) is 6.07. The van der Waals surface area contributed by atoms with Crippen LogP contribution in [0.25, 0.3) is 0 Å². The van der Waals surface area contributed by atoms with Crippen molar-refractivity contribution < 1.29 is 4.74 Å². The van der Waals surface area contributed by atoms with Gasteiger partial charge in [-0.15, -0.1) is 0 Å². The lowest BCUT2D eigenvalue weighted by atomic mass is 10.3. The molecule has 0 aliphatic carbocycles. The molecule has 0 aliphatic heterocycles. The van der Waals surface area contributed by atoms with Crippen LogP contribution in [0, 0.1) is 0 Å². The van der Waals surface area contributed by atoms with Gasteiger partial charge < -0.3 is 10.1 Å². The van der Waals surface area contributed by atoms with Gasteiger partial charge in [-0.25, -0.2) is 9.97 Å². The molecular formula is C14H17N3O. The van der Waals surface area contributed by atoms with Crippen LogP contribution in [-0.2, 0) is 13.2 Å². The monoisotopic (exact) mass is 243 g/mol. The summed E-state index contributed by atoms with van der Waals surface area (Å²) in [4.78, 5) is 8.54. The molecule has 0 fully saturated rings. The summed E-state index contributed by atoms with van der Waals surface area (Å²) in [5.41, 5.74) is 1.08. The summed E-state index contributed by atoms with van der Waals surface area (Å²) in [6, 6.07) is 9.67. The topological polar surface area (TPSA) is 47.0 Å². The van der Waals surface area contributed by atoms with E-state index in [1.165, 1.54) is 0 Å². The number of hydrogen-bond donors (Lipinski definition) is 1. The number of rotatable bonds is 6. The number of aromatic nitrogens is 2. The summed E-state index contributed by atoms with van der Waals surface area (Å²) < 4.78 is 5.57. The lowest BCUT2D eigenvalue weighted by molar-refractivity contribution is 0.295. The minimum Gasteiger partial charge on any atom is -0.486 e. The Balaban J connectivity index is 1.86. The third-order valence-corrected chi connectivity index (χ3v) is 2.45. The minimum absolute atomic E-state index is 0.394. The second-order valence-electron chi connectivity index (χ2n) is 3.89. The molecule has 94 valence electrons. The van der Waals surface area contributed by atoms with Crippen LogP contribution in [0.3, 0.4) is 0 Å². The van der Waals surface area contributed by atoms with E-state index in [0.29, 0.717) is 12.4 Å². The maximum atomic E-state index is 5.57. The second kappa shape index (κ2) is 6.71. The molecule has 1 aromatic heterocycles. The quantitative estimate of drug-likeness (QED) is 0.844. The van der Waals surface area contributed by atoms with Crippen LogP contribution >= 0.6 is 0 Å². The van der Waals surface area contributed by atoms with E-state index < -0.39 is 0 Å². The molecule has 1 aromatic carbocycles. The van der Waals surface area contributed by atoms with Gasteiger partial charge in [0.15, 0.2) is 5.82 Å². The predicted octanol–water partition coefficient (Wildman–Crippen LogP) is 2.17. The van der Waals surface area contributed by atoms with E-state index in [9.17, 15) is 0 Å². The molecule has 2 rings (SSSR count). The Morgan fingerprint density at radius 2 is 1.83 bits per heavy atom. The van der Waals surface area contributed by atoms with Crippen LogP contribution in [0.2, 0.25) is 0 Å². The highest BCUT2D eigenvalue weighted by Gasteiger charge is 1.99. The number of hydrogen-bond acceptors (Lipinski definition) is 4. The fourth-order valence-electron chi connectivity index (χ4n) is 1.48. The van der Waals surface area contributed by atoms with Crippen LogP contribution in [0.1, 0.15) is 18.3 Å². The van der Waals surface area contributed by atoms with Crippen molar-refractivity contribution in [1.82, 2.24) is 15.3 Å². The van der Waals surface area contributed by atoms with E-state index in [4.69, 9.17) is 4.74 Å². The minimum atomic E-state index is 0.394. The fraction of sp³-hybridized carbons (Fsp3) is 0.286. The smallest absolute Gasteiger partial charge is 0.166 e. The molecule has 18 heavy (non-hydrogen) atoms. The fourth-order valence-corrected chi connectivity index (χ4v) is 1.48. The summed E-state index contributed by atoms with van der Waals surface area (Å²) in [6.45, 7) is 4.21. The molecule has 0 radical (unpaired) electrons. The van der Waals surface area contributed by atoms with Gasteiger partial charge in [0, 0.05) is 24.5 Å². The van der Waals surface area contributed by atoms with E-state index in [-0.39, 0.29) is 0 Å². The highest BCUT2D eigenvalue weighted by molar-refractivity contribution is 5.21. The number of benzene rings is 1. The Morgan fingerprint density at radius 3 is 2.50 bits per heavy atom. The molecule has 0 aliphatic rings. The summed E-state index contributed by atoms with van der Waals surface area (Å²) in [6.07, 6.45) is 3.67.